The van der Waals surface area contributed by atoms with Gasteiger partial charge in [-0.15, -0.1) is 0 Å². The Morgan fingerprint density at radius 2 is 1.75 bits per heavy atom. The normalized spacial score (nSPS) is 11.8. The predicted molar refractivity (Wildman–Crippen MR) is 83.6 cm³/mol. The minimum absolute atomic E-state index is 0.308. The second-order valence-electron chi connectivity index (χ2n) is 4.74. The van der Waals surface area contributed by atoms with E-state index in [1.54, 1.807) is 24.3 Å². The van der Waals surface area contributed by atoms with E-state index in [2.05, 4.69) is 28.9 Å². The molecular weight excluding hydrogens is 274 g/mol. The van der Waals surface area contributed by atoms with Crippen molar-refractivity contribution in [3.8, 4) is 0 Å². The van der Waals surface area contributed by atoms with Gasteiger partial charge in [0.25, 0.3) is 0 Å². The quantitative estimate of drug-likeness (QED) is 0.729. The zero-order valence-corrected chi connectivity index (χ0v) is 13.3. The van der Waals surface area contributed by atoms with E-state index in [1.165, 1.54) is 0 Å². The van der Waals surface area contributed by atoms with Crippen molar-refractivity contribution in [1.82, 2.24) is 9.62 Å². The van der Waals surface area contributed by atoms with Gasteiger partial charge in [-0.05, 0) is 44.3 Å². The van der Waals surface area contributed by atoms with E-state index in [-0.39, 0.29) is 0 Å². The first-order chi connectivity index (χ1) is 9.49. The van der Waals surface area contributed by atoms with Crippen molar-refractivity contribution < 1.29 is 8.42 Å². The molecule has 2 N–H and O–H groups in total. The summed E-state index contributed by atoms with van der Waals surface area (Å²) in [5.74, 6) is 0. The van der Waals surface area contributed by atoms with E-state index in [9.17, 15) is 8.42 Å². The van der Waals surface area contributed by atoms with Crippen LogP contribution in [-0.2, 0) is 10.0 Å². The van der Waals surface area contributed by atoms with Crippen LogP contribution in [0.15, 0.2) is 29.2 Å². The monoisotopic (exact) mass is 299 g/mol. The first-order valence-electron chi connectivity index (χ1n) is 7.01. The van der Waals surface area contributed by atoms with Crippen molar-refractivity contribution in [2.24, 2.45) is 0 Å². The third-order valence-electron chi connectivity index (χ3n) is 3.07. The molecule has 1 aromatic rings. The maximum Gasteiger partial charge on any atom is 0.240 e. The lowest BCUT2D eigenvalue weighted by Crippen LogP contribution is -2.25. The topological polar surface area (TPSA) is 61.4 Å². The molecule has 0 fully saturated rings. The van der Waals surface area contributed by atoms with Crippen LogP contribution in [-0.4, -0.2) is 46.5 Å². The predicted octanol–water partition coefficient (Wildman–Crippen LogP) is 1.74. The SMILES string of the molecule is CCCNS(=O)(=O)c1ccc(NCCN(C)CC)cc1. The summed E-state index contributed by atoms with van der Waals surface area (Å²) in [4.78, 5) is 2.52. The number of nitrogens with zero attached hydrogens (tertiary/aromatic N) is 1. The van der Waals surface area contributed by atoms with Crippen LogP contribution in [0.4, 0.5) is 5.69 Å². The van der Waals surface area contributed by atoms with Gasteiger partial charge in [0.15, 0.2) is 0 Å². The Labute approximate surface area is 122 Å². The lowest BCUT2D eigenvalue weighted by Gasteiger charge is -2.14. The number of sulfonamides is 1. The number of hydrogen-bond acceptors (Lipinski definition) is 4. The highest BCUT2D eigenvalue weighted by atomic mass is 32.2. The van der Waals surface area contributed by atoms with Gasteiger partial charge in [0.1, 0.15) is 0 Å². The van der Waals surface area contributed by atoms with Crippen LogP contribution in [0.3, 0.4) is 0 Å². The zero-order chi connectivity index (χ0) is 15.0. The average molecular weight is 299 g/mol. The van der Waals surface area contributed by atoms with E-state index >= 15 is 0 Å². The molecule has 0 spiro atoms. The fraction of sp³-hybridized carbons (Fsp3) is 0.571. The molecule has 0 radical (unpaired) electrons. The Morgan fingerprint density at radius 1 is 1.10 bits per heavy atom. The molecule has 6 heteroatoms. The Morgan fingerprint density at radius 3 is 2.30 bits per heavy atom. The molecule has 0 aliphatic carbocycles. The Kier molecular flexibility index (Phi) is 6.98. The second-order valence-corrected chi connectivity index (χ2v) is 6.51. The maximum atomic E-state index is 11.9. The van der Waals surface area contributed by atoms with Crippen molar-refractivity contribution in [3.63, 3.8) is 0 Å². The molecule has 114 valence electrons. The fourth-order valence-corrected chi connectivity index (χ4v) is 2.75. The van der Waals surface area contributed by atoms with Crippen molar-refractivity contribution >= 4 is 15.7 Å². The van der Waals surface area contributed by atoms with Gasteiger partial charge in [0.2, 0.25) is 10.0 Å². The molecule has 0 saturated heterocycles. The third-order valence-corrected chi connectivity index (χ3v) is 4.55. The highest BCUT2D eigenvalue weighted by Crippen LogP contribution is 2.13. The smallest absolute Gasteiger partial charge is 0.240 e. The van der Waals surface area contributed by atoms with Gasteiger partial charge in [-0.1, -0.05) is 13.8 Å². The number of likely N-dealkylation sites (N-methyl/N-ethyl adjacent to an activating group) is 1. The van der Waals surface area contributed by atoms with Crippen LogP contribution in [0, 0.1) is 0 Å². The summed E-state index contributed by atoms with van der Waals surface area (Å²) in [5, 5.41) is 3.27. The maximum absolute atomic E-state index is 11.9. The van der Waals surface area contributed by atoms with Crippen LogP contribution in [0.25, 0.3) is 0 Å². The van der Waals surface area contributed by atoms with E-state index in [0.717, 1.165) is 31.7 Å². The third kappa shape index (κ3) is 5.48. The highest BCUT2D eigenvalue weighted by molar-refractivity contribution is 7.89. The number of rotatable bonds is 9. The standard InChI is InChI=1S/C14H25N3O2S/c1-4-10-16-20(18,19)14-8-6-13(7-9-14)15-11-12-17(3)5-2/h6-9,15-16H,4-5,10-12H2,1-3H3. The van der Waals surface area contributed by atoms with Crippen molar-refractivity contribution in [3.05, 3.63) is 24.3 Å². The van der Waals surface area contributed by atoms with Gasteiger partial charge in [0.05, 0.1) is 4.90 Å². The summed E-state index contributed by atoms with van der Waals surface area (Å²) in [6.45, 7) is 7.32. The van der Waals surface area contributed by atoms with E-state index < -0.39 is 10.0 Å². The summed E-state index contributed by atoms with van der Waals surface area (Å²) in [7, 11) is -1.30. The number of hydrogen-bond donors (Lipinski definition) is 2. The van der Waals surface area contributed by atoms with Crippen molar-refractivity contribution in [1.29, 1.82) is 0 Å². The summed E-state index contributed by atoms with van der Waals surface area (Å²) in [5.41, 5.74) is 0.934. The van der Waals surface area contributed by atoms with Crippen LogP contribution in [0.1, 0.15) is 20.3 Å². The second kappa shape index (κ2) is 8.24. The van der Waals surface area contributed by atoms with Gasteiger partial charge < -0.3 is 10.2 Å². The van der Waals surface area contributed by atoms with Crippen molar-refractivity contribution in [2.45, 2.75) is 25.2 Å². The molecule has 0 aliphatic rings. The molecule has 20 heavy (non-hydrogen) atoms. The lowest BCUT2D eigenvalue weighted by atomic mass is 10.3. The van der Waals surface area contributed by atoms with Crippen LogP contribution in [0.2, 0.25) is 0 Å². The lowest BCUT2D eigenvalue weighted by molar-refractivity contribution is 0.367. The van der Waals surface area contributed by atoms with Gasteiger partial charge in [-0.25, -0.2) is 13.1 Å². The molecule has 0 unspecified atom stereocenters. The Hall–Kier alpha value is -1.11. The zero-order valence-electron chi connectivity index (χ0n) is 12.5. The summed E-state index contributed by atoms with van der Waals surface area (Å²) in [6.07, 6.45) is 0.782. The molecule has 0 heterocycles. The average Bonchev–Trinajstić information content (AvgIpc) is 2.45. The highest BCUT2D eigenvalue weighted by Gasteiger charge is 2.12. The first-order valence-corrected chi connectivity index (χ1v) is 8.50. The minimum atomic E-state index is -3.36. The molecule has 1 aromatic carbocycles. The summed E-state index contributed by atoms with van der Waals surface area (Å²) in [6, 6.07) is 6.85. The van der Waals surface area contributed by atoms with E-state index in [4.69, 9.17) is 0 Å². The molecule has 1 rings (SSSR count). The van der Waals surface area contributed by atoms with Gasteiger partial charge >= 0.3 is 0 Å². The Balaban J connectivity index is 2.56. The number of anilines is 1. The number of benzene rings is 1. The molecule has 0 bridgehead atoms. The van der Waals surface area contributed by atoms with Crippen LogP contribution < -0.4 is 10.0 Å². The summed E-state index contributed by atoms with van der Waals surface area (Å²) < 4.78 is 26.4. The minimum Gasteiger partial charge on any atom is -0.384 e. The molecular formula is C14H25N3O2S. The molecule has 0 saturated carbocycles. The molecule has 0 aliphatic heterocycles. The Bertz CT molecular complexity index is 486. The van der Waals surface area contributed by atoms with Crippen LogP contribution >= 0.6 is 0 Å². The van der Waals surface area contributed by atoms with E-state index in [0.29, 0.717) is 11.4 Å². The van der Waals surface area contributed by atoms with Crippen LogP contribution in [0.5, 0.6) is 0 Å². The molecule has 5 nitrogen and oxygen atoms in total. The van der Waals surface area contributed by atoms with Gasteiger partial charge in [-0.3, -0.25) is 0 Å². The summed E-state index contributed by atoms with van der Waals surface area (Å²) >= 11 is 0. The van der Waals surface area contributed by atoms with E-state index in [1.807, 2.05) is 6.92 Å². The fourth-order valence-electron chi connectivity index (χ4n) is 1.62. The van der Waals surface area contributed by atoms with Gasteiger partial charge in [-0.2, -0.15) is 0 Å². The molecule has 0 aromatic heterocycles. The molecule has 0 atom stereocenters. The largest absolute Gasteiger partial charge is 0.384 e. The van der Waals surface area contributed by atoms with Gasteiger partial charge in [0, 0.05) is 25.3 Å². The number of nitrogens with one attached hydrogen (secondary N) is 2. The first kappa shape index (κ1) is 16.9. The molecule has 0 amide bonds. The van der Waals surface area contributed by atoms with Crippen molar-refractivity contribution in [2.75, 3.05) is 38.5 Å².